The van der Waals surface area contributed by atoms with Crippen LogP contribution >= 0.6 is 0 Å². The van der Waals surface area contributed by atoms with E-state index < -0.39 is 0 Å². The molecule has 2 aromatic carbocycles. The Morgan fingerprint density at radius 3 is 2.55 bits per heavy atom. The van der Waals surface area contributed by atoms with E-state index in [1.165, 1.54) is 17.8 Å². The zero-order valence-corrected chi connectivity index (χ0v) is 17.0. The van der Waals surface area contributed by atoms with E-state index in [9.17, 15) is 4.79 Å². The molecule has 29 heavy (non-hydrogen) atoms. The monoisotopic (exact) mass is 387 g/mol. The molecule has 0 spiro atoms. The van der Waals surface area contributed by atoms with Crippen LogP contribution in [0.25, 0.3) is 22.6 Å². The number of carbonyl (C=O) groups is 1. The highest BCUT2D eigenvalue weighted by Crippen LogP contribution is 2.29. The molecule has 5 heteroatoms. The van der Waals surface area contributed by atoms with Gasteiger partial charge in [-0.05, 0) is 47.5 Å². The molecule has 0 aliphatic heterocycles. The van der Waals surface area contributed by atoms with Crippen molar-refractivity contribution in [2.45, 2.75) is 32.7 Å². The number of oxazole rings is 1. The molecule has 0 unspecified atom stereocenters. The number of aliphatic imine (C=N–C) groups is 1. The number of hydrogen-bond acceptors (Lipinski definition) is 4. The van der Waals surface area contributed by atoms with E-state index in [1.54, 1.807) is 0 Å². The van der Waals surface area contributed by atoms with Gasteiger partial charge in [-0.15, -0.1) is 0 Å². The molecule has 0 saturated carbocycles. The van der Waals surface area contributed by atoms with Crippen LogP contribution in [0, 0.1) is 0 Å². The second-order valence-electron chi connectivity index (χ2n) is 7.80. The lowest BCUT2D eigenvalue weighted by atomic mass is 9.87. The molecule has 1 amide bonds. The molecule has 0 bridgehead atoms. The van der Waals surface area contributed by atoms with Crippen molar-refractivity contribution in [2.24, 2.45) is 4.99 Å². The summed E-state index contributed by atoms with van der Waals surface area (Å²) < 4.78 is 5.99. The van der Waals surface area contributed by atoms with Crippen LogP contribution in [0.2, 0.25) is 0 Å². The van der Waals surface area contributed by atoms with Crippen molar-refractivity contribution in [3.8, 4) is 11.5 Å². The zero-order valence-electron chi connectivity index (χ0n) is 17.0. The first-order valence-corrected chi connectivity index (χ1v) is 9.39. The van der Waals surface area contributed by atoms with Crippen LogP contribution in [0.5, 0.6) is 0 Å². The smallest absolute Gasteiger partial charge is 0.253 e. The predicted octanol–water partition coefficient (Wildman–Crippen LogP) is 5.18. The van der Waals surface area contributed by atoms with E-state index in [0.717, 1.165) is 22.2 Å². The second-order valence-corrected chi connectivity index (χ2v) is 7.80. The summed E-state index contributed by atoms with van der Waals surface area (Å²) in [5.41, 5.74) is 5.10. The Bertz CT molecular complexity index is 1080. The standard InChI is InChI=1S/C24H25N3O2/c1-6-17(15-25-5)22(28)26-14-16-7-9-18(10-8-16)23-27-20-12-11-19(24(2,3)4)13-21(20)29-23/h6-13,15H,1,5,14H2,2-4H3,(H,26,28)/b17-15+. The highest BCUT2D eigenvalue weighted by molar-refractivity contribution is 5.96. The van der Waals surface area contributed by atoms with E-state index in [0.29, 0.717) is 18.0 Å². The molecule has 0 radical (unpaired) electrons. The molecule has 1 heterocycles. The first kappa shape index (κ1) is 20.3. The first-order chi connectivity index (χ1) is 13.8. The van der Waals surface area contributed by atoms with Gasteiger partial charge in [0.1, 0.15) is 5.52 Å². The Kier molecular flexibility index (Phi) is 5.78. The summed E-state index contributed by atoms with van der Waals surface area (Å²) in [6.45, 7) is 13.9. The summed E-state index contributed by atoms with van der Waals surface area (Å²) in [5, 5.41) is 2.83. The van der Waals surface area contributed by atoms with Gasteiger partial charge in [-0.3, -0.25) is 9.79 Å². The minimum atomic E-state index is -0.245. The quantitative estimate of drug-likeness (QED) is 0.360. The molecular weight excluding hydrogens is 362 g/mol. The van der Waals surface area contributed by atoms with Gasteiger partial charge in [0.2, 0.25) is 5.89 Å². The lowest BCUT2D eigenvalue weighted by Gasteiger charge is -2.18. The molecule has 0 fully saturated rings. The van der Waals surface area contributed by atoms with Crippen molar-refractivity contribution in [1.29, 1.82) is 0 Å². The topological polar surface area (TPSA) is 67.5 Å². The predicted molar refractivity (Wildman–Crippen MR) is 118 cm³/mol. The number of nitrogens with one attached hydrogen (secondary N) is 1. The van der Waals surface area contributed by atoms with Gasteiger partial charge in [0.05, 0.1) is 5.57 Å². The summed E-state index contributed by atoms with van der Waals surface area (Å²) in [4.78, 5) is 20.3. The van der Waals surface area contributed by atoms with E-state index in [1.807, 2.05) is 30.3 Å². The number of fused-ring (bicyclic) bond motifs is 1. The van der Waals surface area contributed by atoms with Crippen LogP contribution < -0.4 is 5.32 Å². The van der Waals surface area contributed by atoms with Gasteiger partial charge in [0.15, 0.2) is 5.58 Å². The van der Waals surface area contributed by atoms with Crippen molar-refractivity contribution < 1.29 is 9.21 Å². The third-order valence-corrected chi connectivity index (χ3v) is 4.62. The van der Waals surface area contributed by atoms with Crippen LogP contribution in [0.1, 0.15) is 31.9 Å². The minimum absolute atomic E-state index is 0.0512. The van der Waals surface area contributed by atoms with Gasteiger partial charge in [0, 0.05) is 18.3 Å². The van der Waals surface area contributed by atoms with Gasteiger partial charge in [0.25, 0.3) is 5.91 Å². The Labute approximate surface area is 170 Å². The van der Waals surface area contributed by atoms with E-state index in [2.05, 4.69) is 61.5 Å². The number of rotatable bonds is 6. The molecule has 0 aliphatic carbocycles. The summed E-state index contributed by atoms with van der Waals surface area (Å²) in [6, 6.07) is 13.9. The highest BCUT2D eigenvalue weighted by Gasteiger charge is 2.16. The minimum Gasteiger partial charge on any atom is -0.436 e. The number of hydrogen-bond donors (Lipinski definition) is 1. The fraction of sp³-hybridized carbons (Fsp3) is 0.208. The van der Waals surface area contributed by atoms with Gasteiger partial charge < -0.3 is 9.73 Å². The summed E-state index contributed by atoms with van der Waals surface area (Å²) in [5.74, 6) is 0.334. The van der Waals surface area contributed by atoms with E-state index >= 15 is 0 Å². The summed E-state index contributed by atoms with van der Waals surface area (Å²) in [6.07, 6.45) is 2.83. The maximum Gasteiger partial charge on any atom is 0.253 e. The average molecular weight is 387 g/mol. The lowest BCUT2D eigenvalue weighted by Crippen LogP contribution is -2.23. The van der Waals surface area contributed by atoms with Gasteiger partial charge >= 0.3 is 0 Å². The third kappa shape index (κ3) is 4.69. The van der Waals surface area contributed by atoms with E-state index in [4.69, 9.17) is 4.42 Å². The van der Waals surface area contributed by atoms with Crippen LogP contribution in [0.15, 0.2) is 76.3 Å². The van der Waals surface area contributed by atoms with Gasteiger partial charge in [-0.1, -0.05) is 51.6 Å². The zero-order chi connectivity index (χ0) is 21.0. The lowest BCUT2D eigenvalue weighted by molar-refractivity contribution is -0.117. The SMILES string of the molecule is C=C/C(=C\N=C)C(=O)NCc1ccc(-c2nc3ccc(C(C)(C)C)cc3o2)cc1. The van der Waals surface area contributed by atoms with Crippen molar-refractivity contribution in [2.75, 3.05) is 0 Å². The van der Waals surface area contributed by atoms with Crippen LogP contribution in [0.3, 0.4) is 0 Å². The Morgan fingerprint density at radius 1 is 1.21 bits per heavy atom. The van der Waals surface area contributed by atoms with Crippen molar-refractivity contribution in [1.82, 2.24) is 10.3 Å². The fourth-order valence-electron chi connectivity index (χ4n) is 2.87. The van der Waals surface area contributed by atoms with E-state index in [-0.39, 0.29) is 11.3 Å². The molecular formula is C24H25N3O2. The van der Waals surface area contributed by atoms with Gasteiger partial charge in [-0.25, -0.2) is 4.98 Å². The molecule has 3 rings (SSSR count). The molecule has 5 nitrogen and oxygen atoms in total. The Morgan fingerprint density at radius 2 is 1.93 bits per heavy atom. The van der Waals surface area contributed by atoms with Crippen LogP contribution in [0.4, 0.5) is 0 Å². The van der Waals surface area contributed by atoms with Crippen LogP contribution in [-0.2, 0) is 16.8 Å². The molecule has 0 saturated heterocycles. The summed E-state index contributed by atoms with van der Waals surface area (Å²) >= 11 is 0. The average Bonchev–Trinajstić information content (AvgIpc) is 3.13. The van der Waals surface area contributed by atoms with Crippen molar-refractivity contribution >= 4 is 23.7 Å². The second kappa shape index (κ2) is 8.27. The molecule has 1 N–H and O–H groups in total. The number of nitrogens with zero attached hydrogens (tertiary/aromatic N) is 2. The Balaban J connectivity index is 1.74. The number of benzene rings is 2. The van der Waals surface area contributed by atoms with Crippen molar-refractivity contribution in [3.05, 3.63) is 78.0 Å². The number of carbonyl (C=O) groups excluding carboxylic acids is 1. The fourth-order valence-corrected chi connectivity index (χ4v) is 2.87. The number of aromatic nitrogens is 1. The highest BCUT2D eigenvalue weighted by atomic mass is 16.3. The first-order valence-electron chi connectivity index (χ1n) is 9.39. The molecule has 148 valence electrons. The maximum atomic E-state index is 12.1. The molecule has 0 aliphatic rings. The summed E-state index contributed by atoms with van der Waals surface area (Å²) in [7, 11) is 0. The molecule has 0 atom stereocenters. The molecule has 1 aromatic heterocycles. The largest absolute Gasteiger partial charge is 0.436 e. The maximum absolute atomic E-state index is 12.1. The molecule has 3 aromatic rings. The van der Waals surface area contributed by atoms with Gasteiger partial charge in [-0.2, -0.15) is 0 Å². The van der Waals surface area contributed by atoms with Crippen LogP contribution in [-0.4, -0.2) is 17.6 Å². The number of amides is 1. The van der Waals surface area contributed by atoms with Crippen molar-refractivity contribution in [3.63, 3.8) is 0 Å². The normalized spacial score (nSPS) is 12.0. The third-order valence-electron chi connectivity index (χ3n) is 4.62. The Hall–Kier alpha value is -3.47.